The number of H-pyrrole nitrogens is 1. The highest BCUT2D eigenvalue weighted by molar-refractivity contribution is 7.61. The molecule has 2 aliphatic rings. The largest absolute Gasteiger partial charge is 0.486 e. The second-order valence-corrected chi connectivity index (χ2v) is 11.4. The Hall–Kier alpha value is -1.87. The second-order valence-electron chi connectivity index (χ2n) is 8.42. The molecule has 0 saturated carbocycles. The molecule has 0 aliphatic carbocycles. The van der Waals surface area contributed by atoms with Gasteiger partial charge in [-0.05, 0) is 0 Å². The zero-order valence-electron chi connectivity index (χ0n) is 19.8. The van der Waals surface area contributed by atoms with E-state index in [2.05, 4.69) is 9.63 Å². The van der Waals surface area contributed by atoms with Crippen LogP contribution in [0.5, 0.6) is 0 Å². The Balaban J connectivity index is 1.83. The topological polar surface area (TPSA) is 306 Å². The van der Waals surface area contributed by atoms with Crippen molar-refractivity contribution in [1.82, 2.24) is 14.9 Å². The summed E-state index contributed by atoms with van der Waals surface area (Å²) in [5.74, 6) is -0.808. The first kappa shape index (κ1) is 31.7. The van der Waals surface area contributed by atoms with Gasteiger partial charge in [-0.3, -0.25) is 28.2 Å². The van der Waals surface area contributed by atoms with Crippen molar-refractivity contribution in [2.45, 2.75) is 62.1 Å². The average Bonchev–Trinajstić information content (AvgIpc) is 3.09. The molecule has 0 spiro atoms. The highest BCUT2D eigenvalue weighted by atomic mass is 31.3. The number of hydrogen-bond acceptors (Lipinski definition) is 15. The predicted octanol–water partition coefficient (Wildman–Crippen LogP) is -4.65. The highest BCUT2D eigenvalue weighted by Crippen LogP contribution is 2.62. The lowest BCUT2D eigenvalue weighted by Gasteiger charge is -2.42. The smallest absolute Gasteiger partial charge is 0.394 e. The number of amides is 1. The summed E-state index contributed by atoms with van der Waals surface area (Å²) in [6.07, 6.45) is -13.3. The molecule has 3 rings (SSSR count). The van der Waals surface area contributed by atoms with Crippen molar-refractivity contribution in [3.8, 4) is 0 Å². The van der Waals surface area contributed by atoms with Crippen molar-refractivity contribution in [2.24, 2.45) is 0 Å². The van der Waals surface area contributed by atoms with Crippen LogP contribution in [-0.2, 0) is 36.8 Å². The average molecular weight is 607 g/mol. The fourth-order valence-corrected chi connectivity index (χ4v) is 5.99. The molecule has 20 nitrogen and oxygen atoms in total. The van der Waals surface area contributed by atoms with E-state index in [9.17, 15) is 58.8 Å². The SMILES string of the molecule is CC(=O)N[C@H]1[C@@H](O[P@@](=O)(OC[C@H]2O[C@@H](n3ccc(=O)[nH]c3=O)[C@H](O)[C@@H]2O)OP(=O)(O)O)O[C@H](CO)[C@@H](O)[C@@H]1O. The standard InChI is InChI=1S/C17H27N3O17P2/c1-6(22)18-10-13(26)11(24)7(4-21)35-16(10)36-39(32,37-38(29,30)31)33-5-8-12(25)14(27)15(34-8)20-3-2-9(23)19-17(20)28/h2-3,7-8,10-16,21,24-27H,4-5H2,1H3,(H,18,22)(H,19,23,28)(H2,29,30,31)/t7-,8-,10-,11-,12-,13-,14-,15-,16-,39-/m1/s1. The third kappa shape index (κ3) is 7.66. The summed E-state index contributed by atoms with van der Waals surface area (Å²) in [5, 5.41) is 52.6. The van der Waals surface area contributed by atoms with Crippen LogP contribution in [0.2, 0.25) is 0 Å². The van der Waals surface area contributed by atoms with Crippen molar-refractivity contribution in [2.75, 3.05) is 13.2 Å². The third-order valence-electron chi connectivity index (χ3n) is 5.55. The van der Waals surface area contributed by atoms with Gasteiger partial charge in [0.25, 0.3) is 5.56 Å². The van der Waals surface area contributed by atoms with Crippen LogP contribution in [-0.4, -0.2) is 113 Å². The first-order chi connectivity index (χ1) is 18.0. The van der Waals surface area contributed by atoms with Crippen LogP contribution in [0.4, 0.5) is 0 Å². The maximum Gasteiger partial charge on any atom is 0.486 e. The molecule has 2 saturated heterocycles. The maximum atomic E-state index is 13.2. The number of nitrogens with zero attached hydrogens (tertiary/aromatic N) is 1. The minimum Gasteiger partial charge on any atom is -0.394 e. The molecular formula is C17H27N3O17P2. The lowest BCUT2D eigenvalue weighted by atomic mass is 9.97. The summed E-state index contributed by atoms with van der Waals surface area (Å²) in [5.41, 5.74) is -1.78. The van der Waals surface area contributed by atoms with Crippen LogP contribution in [0.1, 0.15) is 13.2 Å². The number of aromatic nitrogens is 2. The van der Waals surface area contributed by atoms with E-state index in [1.165, 1.54) is 0 Å². The Morgan fingerprint density at radius 1 is 1.08 bits per heavy atom. The van der Waals surface area contributed by atoms with E-state index in [-0.39, 0.29) is 0 Å². The lowest BCUT2D eigenvalue weighted by molar-refractivity contribution is -0.248. The van der Waals surface area contributed by atoms with Crippen LogP contribution >= 0.6 is 15.6 Å². The Morgan fingerprint density at radius 3 is 2.28 bits per heavy atom. The maximum absolute atomic E-state index is 13.2. The second kappa shape index (κ2) is 12.3. The predicted molar refractivity (Wildman–Crippen MR) is 120 cm³/mol. The number of phosphoric acid groups is 2. The van der Waals surface area contributed by atoms with Gasteiger partial charge >= 0.3 is 21.3 Å². The van der Waals surface area contributed by atoms with Gasteiger partial charge in [-0.2, -0.15) is 4.31 Å². The molecule has 9 N–H and O–H groups in total. The molecule has 222 valence electrons. The molecule has 1 amide bonds. The van der Waals surface area contributed by atoms with E-state index in [0.717, 1.165) is 19.2 Å². The summed E-state index contributed by atoms with van der Waals surface area (Å²) < 4.78 is 50.1. The van der Waals surface area contributed by atoms with Crippen molar-refractivity contribution in [1.29, 1.82) is 0 Å². The van der Waals surface area contributed by atoms with Gasteiger partial charge in [0.15, 0.2) is 12.5 Å². The monoisotopic (exact) mass is 607 g/mol. The zero-order chi connectivity index (χ0) is 29.3. The quantitative estimate of drug-likeness (QED) is 0.113. The van der Waals surface area contributed by atoms with Crippen molar-refractivity contribution in [3.63, 3.8) is 0 Å². The van der Waals surface area contributed by atoms with Gasteiger partial charge in [-0.15, -0.1) is 0 Å². The van der Waals surface area contributed by atoms with Crippen LogP contribution in [0, 0.1) is 0 Å². The van der Waals surface area contributed by atoms with Gasteiger partial charge in [0.05, 0.1) is 13.2 Å². The van der Waals surface area contributed by atoms with E-state index in [1.807, 2.05) is 4.98 Å². The summed E-state index contributed by atoms with van der Waals surface area (Å²) in [6, 6.07) is -0.797. The van der Waals surface area contributed by atoms with E-state index < -0.39 is 101 Å². The molecule has 1 aromatic rings. The molecular weight excluding hydrogens is 580 g/mol. The number of aliphatic hydroxyl groups excluding tert-OH is 5. The van der Waals surface area contributed by atoms with Gasteiger partial charge in [-0.1, -0.05) is 0 Å². The molecule has 0 aromatic carbocycles. The lowest BCUT2D eigenvalue weighted by Crippen LogP contribution is -2.64. The minimum atomic E-state index is -5.66. The summed E-state index contributed by atoms with van der Waals surface area (Å²) in [7, 11) is -11.1. The molecule has 1 aromatic heterocycles. The zero-order valence-corrected chi connectivity index (χ0v) is 21.6. The van der Waals surface area contributed by atoms with E-state index in [1.54, 1.807) is 0 Å². The number of phosphoric ester groups is 1. The Kier molecular flexibility index (Phi) is 10.0. The van der Waals surface area contributed by atoms with Crippen LogP contribution in [0.3, 0.4) is 0 Å². The van der Waals surface area contributed by atoms with Gasteiger partial charge < -0.3 is 50.1 Å². The fraction of sp³-hybridized carbons (Fsp3) is 0.706. The Labute approximate surface area is 217 Å². The molecule has 10 atom stereocenters. The fourth-order valence-electron chi connectivity index (χ4n) is 3.78. The van der Waals surface area contributed by atoms with Crippen molar-refractivity contribution in [3.05, 3.63) is 33.1 Å². The van der Waals surface area contributed by atoms with Crippen LogP contribution < -0.4 is 16.6 Å². The summed E-state index contributed by atoms with van der Waals surface area (Å²) in [6.45, 7) is -0.984. The molecule has 0 radical (unpaired) electrons. The molecule has 39 heavy (non-hydrogen) atoms. The van der Waals surface area contributed by atoms with Crippen molar-refractivity contribution < 1.29 is 72.1 Å². The Bertz CT molecular complexity index is 1230. The molecule has 22 heteroatoms. The van der Waals surface area contributed by atoms with Gasteiger partial charge in [0, 0.05) is 19.2 Å². The normalized spacial score (nSPS) is 34.9. The van der Waals surface area contributed by atoms with E-state index >= 15 is 0 Å². The molecule has 2 aliphatic heterocycles. The number of carbonyl (C=O) groups is 1. The first-order valence-electron chi connectivity index (χ1n) is 11.0. The van der Waals surface area contributed by atoms with E-state index in [0.29, 0.717) is 4.57 Å². The highest BCUT2D eigenvalue weighted by Gasteiger charge is 2.51. The summed E-state index contributed by atoms with van der Waals surface area (Å²) in [4.78, 5) is 55.3. The van der Waals surface area contributed by atoms with Crippen LogP contribution in [0.25, 0.3) is 0 Å². The summed E-state index contributed by atoms with van der Waals surface area (Å²) >= 11 is 0. The third-order valence-corrected chi connectivity index (χ3v) is 8.13. The minimum absolute atomic E-state index is 0.715. The number of aromatic amines is 1. The number of ether oxygens (including phenoxy) is 2. The van der Waals surface area contributed by atoms with Gasteiger partial charge in [0.1, 0.15) is 42.7 Å². The number of rotatable bonds is 10. The molecule has 3 heterocycles. The number of aliphatic hydroxyl groups is 5. The Morgan fingerprint density at radius 2 is 1.72 bits per heavy atom. The molecule has 0 unspecified atom stereocenters. The molecule has 0 bridgehead atoms. The number of nitrogens with one attached hydrogen (secondary N) is 2. The van der Waals surface area contributed by atoms with Crippen LogP contribution in [0.15, 0.2) is 21.9 Å². The van der Waals surface area contributed by atoms with Gasteiger partial charge in [-0.25, -0.2) is 13.9 Å². The van der Waals surface area contributed by atoms with Gasteiger partial charge in [0.2, 0.25) is 5.91 Å². The molecule has 2 fully saturated rings. The first-order valence-corrected chi connectivity index (χ1v) is 14.0. The number of carbonyl (C=O) groups excluding carboxylic acids is 1. The van der Waals surface area contributed by atoms with E-state index in [4.69, 9.17) is 18.5 Å². The van der Waals surface area contributed by atoms with Crippen molar-refractivity contribution >= 4 is 21.6 Å². The number of hydrogen-bond donors (Lipinski definition) is 9.